The van der Waals surface area contributed by atoms with E-state index in [1.807, 2.05) is 79.8 Å². The van der Waals surface area contributed by atoms with Crippen LogP contribution >= 0.6 is 0 Å². The minimum Gasteiger partial charge on any atom is -0.470 e. The van der Waals surface area contributed by atoms with Gasteiger partial charge in [-0.1, -0.05) is 92.5 Å². The summed E-state index contributed by atoms with van der Waals surface area (Å²) in [5, 5.41) is 34.8. The molecule has 0 radical (unpaired) electrons. The predicted molar refractivity (Wildman–Crippen MR) is 232 cm³/mol. The lowest BCUT2D eigenvalue weighted by molar-refractivity contribution is -0.175. The van der Waals surface area contributed by atoms with Crippen LogP contribution in [0.15, 0.2) is 127 Å². The van der Waals surface area contributed by atoms with Gasteiger partial charge in [0.05, 0.1) is 63.5 Å². The number of hydrogen-bond donors (Lipinski definition) is 5. The van der Waals surface area contributed by atoms with E-state index in [1.165, 1.54) is 6.08 Å². The Balaban J connectivity index is 1.29. The van der Waals surface area contributed by atoms with Gasteiger partial charge in [0.1, 0.15) is 11.9 Å². The Morgan fingerprint density at radius 2 is 1.70 bits per heavy atom. The molecule has 3 rings (SSSR count). The Labute approximate surface area is 355 Å². The van der Waals surface area contributed by atoms with Crippen molar-refractivity contribution in [2.75, 3.05) is 52.7 Å². The molecule has 0 bridgehead atoms. The molecule has 328 valence electrons. The SMILES string of the molecule is C=C/C(=C\C=C(/C)OC(C)O[C@H](CO)C(O)CC)C1=CC(C(=O)NCCOCCOCCNC(=O)/C=C/C=C\C(=C/C)c2ccc(OC3CCC(O)CO3)cc2)C=CC=C1. The summed E-state index contributed by atoms with van der Waals surface area (Å²) in [4.78, 5) is 25.2. The van der Waals surface area contributed by atoms with Crippen molar-refractivity contribution in [3.8, 4) is 5.75 Å². The van der Waals surface area contributed by atoms with Crippen LogP contribution in [-0.2, 0) is 33.3 Å². The molecule has 2 aliphatic rings. The van der Waals surface area contributed by atoms with E-state index in [1.54, 1.807) is 45.1 Å². The molecular weight excluding hydrogens is 769 g/mol. The van der Waals surface area contributed by atoms with E-state index in [2.05, 4.69) is 17.2 Å². The number of allylic oxidation sites excluding steroid dienone is 14. The van der Waals surface area contributed by atoms with Crippen molar-refractivity contribution in [1.29, 1.82) is 0 Å². The summed E-state index contributed by atoms with van der Waals surface area (Å²) in [6, 6.07) is 7.70. The predicted octanol–water partition coefficient (Wildman–Crippen LogP) is 5.54. The topological polar surface area (TPSA) is 174 Å². The Morgan fingerprint density at radius 1 is 0.983 bits per heavy atom. The van der Waals surface area contributed by atoms with Crippen LogP contribution in [0.4, 0.5) is 0 Å². The first-order valence-electron chi connectivity index (χ1n) is 20.5. The first kappa shape index (κ1) is 49.5. The van der Waals surface area contributed by atoms with Crippen LogP contribution in [0.1, 0.15) is 52.5 Å². The van der Waals surface area contributed by atoms with Crippen LogP contribution in [0.5, 0.6) is 5.75 Å². The standard InChI is InChI=1S/C47H64N2O11/c1-6-36(38-19-22-42(23-20-38)60-46-24-21-41(51)33-57-46)13-11-12-16-45(53)48-25-27-55-29-30-56-28-26-49-47(54)40-15-10-9-14-39(31-40)37(7-2)18-17-34(4)58-35(5)59-44(32-50)43(52)8-3/h6-7,9-20,22-23,31,35,40-41,43-44,46,50-52H,2,8,21,24-30,32-33H2,1,3-5H3,(H,48,53)(H,49,54)/b13-11-,16-12+,34-17+,36-6+,37-18+/t35?,40?,41?,43?,44-,46?/m1/s1. The maximum atomic E-state index is 13.0. The molecular formula is C47H64N2O11. The monoisotopic (exact) mass is 832 g/mol. The molecule has 1 fully saturated rings. The molecule has 1 aromatic rings. The Bertz CT molecular complexity index is 1720. The highest BCUT2D eigenvalue weighted by molar-refractivity contribution is 5.88. The van der Waals surface area contributed by atoms with Gasteiger partial charge >= 0.3 is 0 Å². The van der Waals surface area contributed by atoms with Crippen LogP contribution in [0.25, 0.3) is 5.57 Å². The van der Waals surface area contributed by atoms with Crippen molar-refractivity contribution in [1.82, 2.24) is 10.6 Å². The zero-order chi connectivity index (χ0) is 43.5. The van der Waals surface area contributed by atoms with Gasteiger partial charge in [0.15, 0.2) is 12.6 Å². The third-order valence-corrected chi connectivity index (χ3v) is 9.24. The summed E-state index contributed by atoms with van der Waals surface area (Å²) in [5.74, 6) is 0.351. The number of ether oxygens (including phenoxy) is 6. The van der Waals surface area contributed by atoms with Gasteiger partial charge in [0.25, 0.3) is 0 Å². The number of aliphatic hydroxyl groups excluding tert-OH is 3. The molecule has 1 aromatic carbocycles. The van der Waals surface area contributed by atoms with Crippen molar-refractivity contribution in [2.24, 2.45) is 5.92 Å². The average Bonchev–Trinajstić information content (AvgIpc) is 3.51. The number of carbonyl (C=O) groups is 2. The highest BCUT2D eigenvalue weighted by Gasteiger charge is 2.22. The van der Waals surface area contributed by atoms with E-state index in [0.717, 1.165) is 22.3 Å². The zero-order valence-corrected chi connectivity index (χ0v) is 35.4. The molecule has 60 heavy (non-hydrogen) atoms. The van der Waals surface area contributed by atoms with E-state index in [-0.39, 0.29) is 31.3 Å². The molecule has 5 N–H and O–H groups in total. The fraction of sp³-hybridized carbons (Fsp3) is 0.447. The van der Waals surface area contributed by atoms with Crippen LogP contribution in [-0.4, -0.2) is 111 Å². The molecule has 1 aliphatic heterocycles. The van der Waals surface area contributed by atoms with Crippen molar-refractivity contribution in [3.05, 3.63) is 132 Å². The van der Waals surface area contributed by atoms with Gasteiger partial charge in [-0.15, -0.1) is 0 Å². The van der Waals surface area contributed by atoms with E-state index in [0.29, 0.717) is 70.3 Å². The van der Waals surface area contributed by atoms with Crippen molar-refractivity contribution >= 4 is 17.4 Å². The van der Waals surface area contributed by atoms with E-state index in [4.69, 9.17) is 28.4 Å². The van der Waals surface area contributed by atoms with Gasteiger partial charge in [-0.25, -0.2) is 0 Å². The number of amides is 2. The fourth-order valence-corrected chi connectivity index (χ4v) is 5.92. The van der Waals surface area contributed by atoms with Gasteiger partial charge < -0.3 is 54.4 Å². The second-order valence-electron chi connectivity index (χ2n) is 13.9. The summed E-state index contributed by atoms with van der Waals surface area (Å²) in [6.07, 6.45) is 22.2. The molecule has 13 nitrogen and oxygen atoms in total. The largest absolute Gasteiger partial charge is 0.470 e. The molecule has 0 aromatic heterocycles. The van der Waals surface area contributed by atoms with E-state index < -0.39 is 30.5 Å². The molecule has 2 amide bonds. The van der Waals surface area contributed by atoms with Gasteiger partial charge in [0.2, 0.25) is 11.8 Å². The molecule has 1 aliphatic carbocycles. The number of hydrogen-bond acceptors (Lipinski definition) is 11. The summed E-state index contributed by atoms with van der Waals surface area (Å²) >= 11 is 0. The quantitative estimate of drug-likeness (QED) is 0.0261. The van der Waals surface area contributed by atoms with Crippen LogP contribution < -0.4 is 15.4 Å². The number of aliphatic hydroxyl groups is 3. The normalized spacial score (nSPS) is 20.4. The first-order valence-corrected chi connectivity index (χ1v) is 20.5. The number of nitrogens with one attached hydrogen (secondary N) is 2. The second-order valence-corrected chi connectivity index (χ2v) is 13.9. The third-order valence-electron chi connectivity index (χ3n) is 9.24. The lowest BCUT2D eigenvalue weighted by Gasteiger charge is -2.26. The Hall–Kier alpha value is -4.86. The highest BCUT2D eigenvalue weighted by Crippen LogP contribution is 2.24. The van der Waals surface area contributed by atoms with E-state index in [9.17, 15) is 24.9 Å². The fourth-order valence-electron chi connectivity index (χ4n) is 5.92. The maximum absolute atomic E-state index is 13.0. The summed E-state index contributed by atoms with van der Waals surface area (Å²) in [7, 11) is 0. The molecule has 1 saturated heterocycles. The van der Waals surface area contributed by atoms with Crippen molar-refractivity contribution in [2.45, 2.75) is 77.8 Å². The molecule has 1 heterocycles. The van der Waals surface area contributed by atoms with E-state index >= 15 is 0 Å². The van der Waals surface area contributed by atoms with Gasteiger partial charge in [-0.05, 0) is 74.1 Å². The van der Waals surface area contributed by atoms with Gasteiger partial charge in [-0.3, -0.25) is 9.59 Å². The lowest BCUT2D eigenvalue weighted by Crippen LogP contribution is -2.35. The summed E-state index contributed by atoms with van der Waals surface area (Å²) < 4.78 is 33.9. The minimum absolute atomic E-state index is 0.169. The lowest BCUT2D eigenvalue weighted by atomic mass is 9.99. The highest BCUT2D eigenvalue weighted by atomic mass is 16.7. The summed E-state index contributed by atoms with van der Waals surface area (Å²) in [5.41, 5.74) is 3.59. The Kier molecular flexibility index (Phi) is 23.6. The van der Waals surface area contributed by atoms with Crippen LogP contribution in [0, 0.1) is 5.92 Å². The van der Waals surface area contributed by atoms with Crippen LogP contribution in [0.2, 0.25) is 0 Å². The average molecular weight is 833 g/mol. The zero-order valence-electron chi connectivity index (χ0n) is 35.4. The number of rotatable bonds is 26. The number of carbonyl (C=O) groups excluding carboxylic acids is 2. The van der Waals surface area contributed by atoms with Gasteiger partial charge in [0, 0.05) is 25.6 Å². The first-order chi connectivity index (χ1) is 29.1. The molecule has 5 unspecified atom stereocenters. The second kappa shape index (κ2) is 28.6. The third kappa shape index (κ3) is 19.0. The van der Waals surface area contributed by atoms with Crippen molar-refractivity contribution < 1.29 is 53.3 Å². The molecule has 13 heteroatoms. The van der Waals surface area contributed by atoms with Gasteiger partial charge in [-0.2, -0.15) is 0 Å². The maximum Gasteiger partial charge on any atom is 0.244 e. The molecule has 0 spiro atoms. The Morgan fingerprint density at radius 3 is 2.35 bits per heavy atom. The molecule has 6 atom stereocenters. The minimum atomic E-state index is -0.792. The smallest absolute Gasteiger partial charge is 0.244 e. The van der Waals surface area contributed by atoms with Crippen molar-refractivity contribution in [3.63, 3.8) is 0 Å². The summed E-state index contributed by atoms with van der Waals surface area (Å²) in [6.45, 7) is 13.1. The number of benzene rings is 1. The molecule has 0 saturated carbocycles. The van der Waals surface area contributed by atoms with Crippen LogP contribution in [0.3, 0.4) is 0 Å².